The average Bonchev–Trinajstić information content (AvgIpc) is 2.82. The Morgan fingerprint density at radius 3 is 2.42 bits per heavy atom. The van der Waals surface area contributed by atoms with Crippen LogP contribution in [0.15, 0.2) is 42.5 Å². The smallest absolute Gasteiger partial charge is 0.238 e. The number of hydrogen-bond donors (Lipinski definition) is 2. The van der Waals surface area contributed by atoms with E-state index in [9.17, 15) is 9.59 Å². The van der Waals surface area contributed by atoms with E-state index >= 15 is 0 Å². The number of carbonyl (C=O) groups excluding carboxylic acids is 2. The zero-order chi connectivity index (χ0) is 23.8. The number of para-hydroxylation sites is 2. The summed E-state index contributed by atoms with van der Waals surface area (Å²) in [5.74, 6) is 1.82. The molecule has 2 N–H and O–H groups in total. The topological polar surface area (TPSA) is 89.1 Å². The third-order valence-corrected chi connectivity index (χ3v) is 5.47. The minimum atomic E-state index is -0.207. The van der Waals surface area contributed by atoms with Gasteiger partial charge in [-0.3, -0.25) is 14.5 Å². The van der Waals surface area contributed by atoms with E-state index in [1.807, 2.05) is 37.3 Å². The fourth-order valence-electron chi connectivity index (χ4n) is 3.73. The van der Waals surface area contributed by atoms with Gasteiger partial charge in [-0.2, -0.15) is 0 Å². The van der Waals surface area contributed by atoms with E-state index in [-0.39, 0.29) is 36.9 Å². The van der Waals surface area contributed by atoms with Crippen molar-refractivity contribution in [3.8, 4) is 17.2 Å². The summed E-state index contributed by atoms with van der Waals surface area (Å²) in [6.45, 7) is 7.85. The summed E-state index contributed by atoms with van der Waals surface area (Å²) in [4.78, 5) is 27.2. The second-order valence-electron chi connectivity index (χ2n) is 8.24. The van der Waals surface area contributed by atoms with Crippen LogP contribution >= 0.6 is 0 Å². The average molecular weight is 456 g/mol. The van der Waals surface area contributed by atoms with Crippen LogP contribution in [0.1, 0.15) is 32.4 Å². The molecule has 178 valence electrons. The normalized spacial score (nSPS) is 13.5. The fourth-order valence-corrected chi connectivity index (χ4v) is 3.73. The Kier molecular flexibility index (Phi) is 8.54. The van der Waals surface area contributed by atoms with Gasteiger partial charge in [0.05, 0.1) is 31.9 Å². The van der Waals surface area contributed by atoms with Crippen LogP contribution in [0, 0.1) is 5.92 Å². The van der Waals surface area contributed by atoms with Crippen molar-refractivity contribution in [2.24, 2.45) is 5.92 Å². The lowest BCUT2D eigenvalue weighted by Gasteiger charge is -2.27. The van der Waals surface area contributed by atoms with Crippen molar-refractivity contribution in [3.05, 3.63) is 48.0 Å². The van der Waals surface area contributed by atoms with Crippen LogP contribution in [0.4, 0.5) is 5.69 Å². The van der Waals surface area contributed by atoms with E-state index in [1.54, 1.807) is 24.1 Å². The van der Waals surface area contributed by atoms with E-state index in [1.165, 1.54) is 0 Å². The molecule has 0 unspecified atom stereocenters. The molecule has 8 nitrogen and oxygen atoms in total. The Morgan fingerprint density at radius 2 is 1.73 bits per heavy atom. The largest absolute Gasteiger partial charge is 0.495 e. The lowest BCUT2D eigenvalue weighted by molar-refractivity contribution is -0.124. The summed E-state index contributed by atoms with van der Waals surface area (Å²) < 4.78 is 16.6. The number of anilines is 1. The molecule has 1 atom stereocenters. The number of likely N-dealkylation sites (N-methyl/N-ethyl adjacent to an activating group) is 1. The molecule has 2 amide bonds. The molecular formula is C25H33N3O5. The molecule has 2 aromatic rings. The Bertz CT molecular complexity index is 963. The van der Waals surface area contributed by atoms with Gasteiger partial charge in [-0.15, -0.1) is 0 Å². The van der Waals surface area contributed by atoms with Crippen molar-refractivity contribution < 1.29 is 23.8 Å². The highest BCUT2D eigenvalue weighted by atomic mass is 16.6. The van der Waals surface area contributed by atoms with Gasteiger partial charge in [0.2, 0.25) is 11.8 Å². The van der Waals surface area contributed by atoms with Crippen molar-refractivity contribution in [3.63, 3.8) is 0 Å². The Balaban J connectivity index is 1.60. The van der Waals surface area contributed by atoms with Crippen LogP contribution in [-0.4, -0.2) is 56.7 Å². The third-order valence-electron chi connectivity index (χ3n) is 5.47. The number of ether oxygens (including phenoxy) is 3. The molecule has 0 aromatic heterocycles. The van der Waals surface area contributed by atoms with E-state index in [0.717, 1.165) is 11.3 Å². The fraction of sp³-hybridized carbons (Fsp3) is 0.440. The monoisotopic (exact) mass is 455 g/mol. The molecule has 2 aromatic carbocycles. The summed E-state index contributed by atoms with van der Waals surface area (Å²) in [6.07, 6.45) is 0. The van der Waals surface area contributed by atoms with Crippen LogP contribution in [0.2, 0.25) is 0 Å². The Morgan fingerprint density at radius 1 is 1.03 bits per heavy atom. The molecule has 0 spiro atoms. The van der Waals surface area contributed by atoms with Crippen LogP contribution in [0.5, 0.6) is 17.2 Å². The second kappa shape index (κ2) is 11.6. The van der Waals surface area contributed by atoms with Crippen molar-refractivity contribution in [1.29, 1.82) is 0 Å². The number of benzene rings is 2. The lowest BCUT2D eigenvalue weighted by atomic mass is 9.95. The molecule has 0 saturated carbocycles. The first-order valence-corrected chi connectivity index (χ1v) is 11.2. The summed E-state index contributed by atoms with van der Waals surface area (Å²) in [7, 11) is 1.56. The van der Waals surface area contributed by atoms with Gasteiger partial charge in [0.1, 0.15) is 19.0 Å². The predicted molar refractivity (Wildman–Crippen MR) is 127 cm³/mol. The Labute approximate surface area is 195 Å². The lowest BCUT2D eigenvalue weighted by Crippen LogP contribution is -2.43. The molecule has 0 bridgehead atoms. The number of nitrogens with zero attached hydrogens (tertiary/aromatic N) is 1. The summed E-state index contributed by atoms with van der Waals surface area (Å²) in [5.41, 5.74) is 1.56. The molecule has 1 aliphatic rings. The highest BCUT2D eigenvalue weighted by Gasteiger charge is 2.23. The summed E-state index contributed by atoms with van der Waals surface area (Å²) >= 11 is 0. The zero-order valence-electron chi connectivity index (χ0n) is 19.7. The van der Waals surface area contributed by atoms with Gasteiger partial charge in [0, 0.05) is 0 Å². The van der Waals surface area contributed by atoms with Crippen molar-refractivity contribution in [2.45, 2.75) is 26.8 Å². The number of fused-ring (bicyclic) bond motifs is 1. The van der Waals surface area contributed by atoms with Crippen molar-refractivity contribution in [2.75, 3.05) is 45.3 Å². The van der Waals surface area contributed by atoms with E-state index in [0.29, 0.717) is 36.9 Å². The number of rotatable bonds is 10. The van der Waals surface area contributed by atoms with Gasteiger partial charge in [-0.1, -0.05) is 39.0 Å². The van der Waals surface area contributed by atoms with E-state index in [4.69, 9.17) is 14.2 Å². The Hall–Kier alpha value is -3.26. The van der Waals surface area contributed by atoms with Crippen LogP contribution in [0.3, 0.4) is 0 Å². The number of hydrogen-bond acceptors (Lipinski definition) is 6. The predicted octanol–water partition coefficient (Wildman–Crippen LogP) is 3.24. The quantitative estimate of drug-likeness (QED) is 0.572. The number of carbonyl (C=O) groups is 2. The first-order valence-electron chi connectivity index (χ1n) is 11.2. The van der Waals surface area contributed by atoms with E-state index < -0.39 is 0 Å². The number of nitrogens with one attached hydrogen (secondary N) is 2. The molecule has 0 aliphatic carbocycles. The molecule has 0 saturated heterocycles. The maximum absolute atomic E-state index is 12.9. The van der Waals surface area contributed by atoms with Crippen molar-refractivity contribution >= 4 is 17.5 Å². The van der Waals surface area contributed by atoms with Crippen LogP contribution in [0.25, 0.3) is 0 Å². The SMILES string of the molecule is CCN(CC(=O)Nc1ccccc1OC)CC(=O)N[C@H](c1ccc2c(c1)OCCO2)C(C)C. The van der Waals surface area contributed by atoms with Gasteiger partial charge < -0.3 is 24.8 Å². The second-order valence-corrected chi connectivity index (χ2v) is 8.24. The summed E-state index contributed by atoms with van der Waals surface area (Å²) in [5, 5.41) is 5.97. The summed E-state index contributed by atoms with van der Waals surface area (Å²) in [6, 6.07) is 12.8. The number of amides is 2. The molecule has 8 heteroatoms. The van der Waals surface area contributed by atoms with Crippen LogP contribution in [-0.2, 0) is 9.59 Å². The van der Waals surface area contributed by atoms with Gasteiger partial charge >= 0.3 is 0 Å². The van der Waals surface area contributed by atoms with E-state index in [2.05, 4.69) is 24.5 Å². The zero-order valence-corrected chi connectivity index (χ0v) is 19.7. The van der Waals surface area contributed by atoms with Gasteiger partial charge in [-0.05, 0) is 42.3 Å². The molecule has 0 radical (unpaired) electrons. The highest BCUT2D eigenvalue weighted by molar-refractivity contribution is 5.94. The van der Waals surface area contributed by atoms with Crippen molar-refractivity contribution in [1.82, 2.24) is 10.2 Å². The maximum Gasteiger partial charge on any atom is 0.238 e. The molecular weight excluding hydrogens is 422 g/mol. The minimum Gasteiger partial charge on any atom is -0.495 e. The van der Waals surface area contributed by atoms with Gasteiger partial charge in [0.25, 0.3) is 0 Å². The third kappa shape index (κ3) is 6.61. The molecule has 1 heterocycles. The first kappa shape index (κ1) is 24.4. The molecule has 33 heavy (non-hydrogen) atoms. The minimum absolute atomic E-state index is 0.0956. The maximum atomic E-state index is 12.9. The molecule has 0 fully saturated rings. The number of methoxy groups -OCH3 is 1. The van der Waals surface area contributed by atoms with Gasteiger partial charge in [0.15, 0.2) is 11.5 Å². The standard InChI is InChI=1S/C25H33N3O5/c1-5-28(15-23(29)26-19-8-6-7-9-20(19)31-4)16-24(30)27-25(17(2)3)18-10-11-21-22(14-18)33-13-12-32-21/h6-11,14,17,25H,5,12-13,15-16H2,1-4H3,(H,26,29)(H,27,30)/t25-/m0/s1. The van der Waals surface area contributed by atoms with Crippen LogP contribution < -0.4 is 24.8 Å². The highest BCUT2D eigenvalue weighted by Crippen LogP contribution is 2.34. The first-order chi connectivity index (χ1) is 15.9. The molecule has 3 rings (SSSR count). The molecule has 1 aliphatic heterocycles. The van der Waals surface area contributed by atoms with Gasteiger partial charge in [-0.25, -0.2) is 0 Å².